The van der Waals surface area contributed by atoms with Crippen LogP contribution in [-0.4, -0.2) is 27.1 Å². The topological polar surface area (TPSA) is 47.3 Å². The fourth-order valence-corrected chi connectivity index (χ4v) is 3.59. The monoisotopic (exact) mass is 330 g/mol. The van der Waals surface area contributed by atoms with Crippen LogP contribution in [0.15, 0.2) is 10.7 Å². The lowest BCUT2D eigenvalue weighted by atomic mass is 9.79. The average Bonchev–Trinajstić information content (AvgIpc) is 2.80. The third-order valence-electron chi connectivity index (χ3n) is 4.02. The fourth-order valence-electron chi connectivity index (χ4n) is 3.08. The molecule has 0 aliphatic heterocycles. The van der Waals surface area contributed by atoms with Crippen LogP contribution in [-0.2, 0) is 11.3 Å². The van der Waals surface area contributed by atoms with Gasteiger partial charge in [0.2, 0.25) is 0 Å². The fraction of sp³-hybridized carbons (Fsp3) is 0.786. The first-order valence-electron chi connectivity index (χ1n) is 7.18. The molecule has 1 heterocycles. The van der Waals surface area contributed by atoms with Crippen LogP contribution in [0.1, 0.15) is 57.7 Å². The highest BCUT2D eigenvalue weighted by Crippen LogP contribution is 2.43. The van der Waals surface area contributed by atoms with Crippen LogP contribution < -0.4 is 0 Å². The zero-order chi connectivity index (χ0) is 13.9. The Kier molecular flexibility index (Phi) is 5.03. The van der Waals surface area contributed by atoms with E-state index >= 15 is 0 Å². The highest BCUT2D eigenvalue weighted by atomic mass is 79.9. The molecule has 5 heteroatoms. The van der Waals surface area contributed by atoms with E-state index in [0.717, 1.165) is 42.4 Å². The normalized spacial score (nSPS) is 20.4. The molecular formula is C14H23BrN2O2. The molecule has 0 amide bonds. The van der Waals surface area contributed by atoms with E-state index in [1.54, 1.807) is 6.20 Å². The number of nitrogens with zero attached hydrogens (tertiary/aromatic N) is 2. The molecule has 1 aromatic rings. The largest absolute Gasteiger partial charge is 0.384 e. The van der Waals surface area contributed by atoms with Crippen LogP contribution in [0.4, 0.5) is 0 Å². The molecule has 1 saturated carbocycles. The number of ether oxygens (including phenoxy) is 1. The number of aromatic nitrogens is 2. The molecule has 108 valence electrons. The van der Waals surface area contributed by atoms with Crippen molar-refractivity contribution >= 4 is 15.9 Å². The van der Waals surface area contributed by atoms with Gasteiger partial charge < -0.3 is 9.84 Å². The summed E-state index contributed by atoms with van der Waals surface area (Å²) in [5.74, 6) is 0. The van der Waals surface area contributed by atoms with Gasteiger partial charge in [-0.15, -0.1) is 0 Å². The summed E-state index contributed by atoms with van der Waals surface area (Å²) < 4.78 is 8.72. The van der Waals surface area contributed by atoms with Crippen molar-refractivity contribution in [1.29, 1.82) is 0 Å². The summed E-state index contributed by atoms with van der Waals surface area (Å²) in [4.78, 5) is 0. The van der Waals surface area contributed by atoms with E-state index in [1.807, 2.05) is 18.5 Å². The molecule has 1 aromatic heterocycles. The van der Waals surface area contributed by atoms with E-state index in [9.17, 15) is 5.11 Å². The maximum absolute atomic E-state index is 10.9. The van der Waals surface area contributed by atoms with Crippen LogP contribution in [0, 0.1) is 0 Å². The Morgan fingerprint density at radius 2 is 2.11 bits per heavy atom. The number of rotatable bonds is 5. The highest BCUT2D eigenvalue weighted by molar-refractivity contribution is 9.10. The Balaban J connectivity index is 2.32. The number of hydrogen-bond acceptors (Lipinski definition) is 3. The van der Waals surface area contributed by atoms with Gasteiger partial charge >= 0.3 is 0 Å². The summed E-state index contributed by atoms with van der Waals surface area (Å²) in [5, 5.41) is 15.2. The number of aryl methyl sites for hydroxylation is 1. The van der Waals surface area contributed by atoms with Gasteiger partial charge in [-0.1, -0.05) is 19.3 Å². The third kappa shape index (κ3) is 2.88. The van der Waals surface area contributed by atoms with E-state index in [0.29, 0.717) is 6.61 Å². The molecule has 1 atom stereocenters. The predicted molar refractivity (Wildman–Crippen MR) is 78.0 cm³/mol. The Bertz CT molecular complexity index is 408. The van der Waals surface area contributed by atoms with Crippen LogP contribution in [0.25, 0.3) is 0 Å². The summed E-state index contributed by atoms with van der Waals surface area (Å²) in [6.07, 6.45) is 6.45. The summed E-state index contributed by atoms with van der Waals surface area (Å²) in [5.41, 5.74) is 0.403. The van der Waals surface area contributed by atoms with Crippen LogP contribution in [0.3, 0.4) is 0 Å². The molecule has 4 nitrogen and oxygen atoms in total. The standard InChI is InChI=1S/C14H23BrN2O2/c1-3-17-12(11(15)10-16-17)13(18)14(19-4-2)8-6-5-7-9-14/h10,13,18H,3-9H2,1-2H3. The molecule has 1 unspecified atom stereocenters. The van der Waals surface area contributed by atoms with E-state index in [1.165, 1.54) is 6.42 Å². The second-order valence-corrected chi connectivity index (χ2v) is 6.01. The molecule has 1 aliphatic rings. The van der Waals surface area contributed by atoms with Crippen molar-refractivity contribution < 1.29 is 9.84 Å². The summed E-state index contributed by atoms with van der Waals surface area (Å²) >= 11 is 3.50. The van der Waals surface area contributed by atoms with Gasteiger partial charge in [-0.25, -0.2) is 0 Å². The summed E-state index contributed by atoms with van der Waals surface area (Å²) in [6, 6.07) is 0. The first-order valence-corrected chi connectivity index (χ1v) is 7.97. The molecule has 0 aromatic carbocycles. The minimum absolute atomic E-state index is 0.442. The van der Waals surface area contributed by atoms with Crippen molar-refractivity contribution in [1.82, 2.24) is 9.78 Å². The molecule has 0 radical (unpaired) electrons. The van der Waals surface area contributed by atoms with Crippen molar-refractivity contribution in [3.05, 3.63) is 16.4 Å². The molecular weight excluding hydrogens is 308 g/mol. The number of halogens is 1. The molecule has 1 aliphatic carbocycles. The Morgan fingerprint density at radius 3 is 2.68 bits per heavy atom. The lowest BCUT2D eigenvalue weighted by Gasteiger charge is -2.41. The Labute approximate surface area is 123 Å². The van der Waals surface area contributed by atoms with Gasteiger partial charge in [0.25, 0.3) is 0 Å². The van der Waals surface area contributed by atoms with Gasteiger partial charge in [0, 0.05) is 13.2 Å². The molecule has 1 fully saturated rings. The van der Waals surface area contributed by atoms with Crippen molar-refractivity contribution in [2.24, 2.45) is 0 Å². The number of aliphatic hydroxyl groups excluding tert-OH is 1. The first-order chi connectivity index (χ1) is 9.14. The Morgan fingerprint density at radius 1 is 1.42 bits per heavy atom. The molecule has 19 heavy (non-hydrogen) atoms. The number of hydrogen-bond donors (Lipinski definition) is 1. The van der Waals surface area contributed by atoms with E-state index in [4.69, 9.17) is 4.74 Å². The van der Waals surface area contributed by atoms with Gasteiger partial charge in [-0.3, -0.25) is 4.68 Å². The van der Waals surface area contributed by atoms with Gasteiger partial charge in [0.05, 0.1) is 22.0 Å². The van der Waals surface area contributed by atoms with Crippen LogP contribution >= 0.6 is 15.9 Å². The lowest BCUT2D eigenvalue weighted by molar-refractivity contribution is -0.144. The third-order valence-corrected chi connectivity index (χ3v) is 4.63. The highest BCUT2D eigenvalue weighted by Gasteiger charge is 2.42. The SMILES string of the molecule is CCOC1(C(O)c2c(Br)cnn2CC)CCCCC1. The summed E-state index contributed by atoms with van der Waals surface area (Å²) in [6.45, 7) is 5.41. The van der Waals surface area contributed by atoms with E-state index in [-0.39, 0.29) is 0 Å². The summed E-state index contributed by atoms with van der Waals surface area (Å²) in [7, 11) is 0. The predicted octanol–water partition coefficient (Wildman–Crippen LogP) is 3.44. The van der Waals surface area contributed by atoms with Crippen molar-refractivity contribution in [3.63, 3.8) is 0 Å². The van der Waals surface area contributed by atoms with Crippen LogP contribution in [0.2, 0.25) is 0 Å². The zero-order valence-electron chi connectivity index (χ0n) is 11.7. The second kappa shape index (κ2) is 6.37. The molecule has 0 saturated heterocycles. The van der Waals surface area contributed by atoms with Gasteiger partial charge in [-0.2, -0.15) is 5.10 Å². The van der Waals surface area contributed by atoms with Gasteiger partial charge in [0.15, 0.2) is 0 Å². The molecule has 2 rings (SSSR count). The minimum Gasteiger partial charge on any atom is -0.384 e. The maximum Gasteiger partial charge on any atom is 0.126 e. The smallest absolute Gasteiger partial charge is 0.126 e. The molecule has 1 N–H and O–H groups in total. The molecule has 0 bridgehead atoms. The van der Waals surface area contributed by atoms with E-state index < -0.39 is 11.7 Å². The van der Waals surface area contributed by atoms with Crippen molar-refractivity contribution in [2.45, 2.75) is 64.2 Å². The quantitative estimate of drug-likeness (QED) is 0.899. The van der Waals surface area contributed by atoms with Crippen LogP contribution in [0.5, 0.6) is 0 Å². The van der Waals surface area contributed by atoms with Gasteiger partial charge in [0.1, 0.15) is 6.10 Å². The van der Waals surface area contributed by atoms with E-state index in [2.05, 4.69) is 21.0 Å². The number of aliphatic hydroxyl groups is 1. The maximum atomic E-state index is 10.9. The van der Waals surface area contributed by atoms with Gasteiger partial charge in [-0.05, 0) is 42.6 Å². The average molecular weight is 331 g/mol. The minimum atomic E-state index is -0.621. The lowest BCUT2D eigenvalue weighted by Crippen LogP contribution is -2.42. The van der Waals surface area contributed by atoms with Crippen molar-refractivity contribution in [2.75, 3.05) is 6.61 Å². The first kappa shape index (κ1) is 15.0. The van der Waals surface area contributed by atoms with Crippen molar-refractivity contribution in [3.8, 4) is 0 Å². The Hall–Kier alpha value is -0.390. The molecule has 0 spiro atoms. The second-order valence-electron chi connectivity index (χ2n) is 5.15. The zero-order valence-corrected chi connectivity index (χ0v) is 13.3.